The Morgan fingerprint density at radius 2 is 1.79 bits per heavy atom. The maximum Gasteiger partial charge on any atom is 0.247 e. The van der Waals surface area contributed by atoms with E-state index in [-0.39, 0.29) is 25.1 Å². The summed E-state index contributed by atoms with van der Waals surface area (Å²) < 4.78 is 12.2. The summed E-state index contributed by atoms with van der Waals surface area (Å²) in [4.78, 5) is 24.2. The van der Waals surface area contributed by atoms with Crippen molar-refractivity contribution in [3.8, 4) is 6.07 Å². The van der Waals surface area contributed by atoms with Gasteiger partial charge in [0.2, 0.25) is 5.91 Å². The van der Waals surface area contributed by atoms with Crippen molar-refractivity contribution in [3.63, 3.8) is 0 Å². The van der Waals surface area contributed by atoms with Crippen LogP contribution in [0.5, 0.6) is 0 Å². The number of ether oxygens (including phenoxy) is 2. The van der Waals surface area contributed by atoms with Crippen molar-refractivity contribution >= 4 is 12.2 Å². The van der Waals surface area contributed by atoms with Crippen molar-refractivity contribution in [2.45, 2.75) is 44.8 Å². The number of hydrogen-bond donors (Lipinski definition) is 0. The fraction of sp³-hybridized carbons (Fsp3) is 0.433. The summed E-state index contributed by atoms with van der Waals surface area (Å²) in [5.74, 6) is 2.17. The number of likely N-dealkylation sites (tertiary alicyclic amines) is 1. The maximum absolute atomic E-state index is 13.7. The summed E-state index contributed by atoms with van der Waals surface area (Å²) in [7, 11) is 0. The Labute approximate surface area is 224 Å². The minimum Gasteiger partial charge on any atom is -0.486 e. The summed E-state index contributed by atoms with van der Waals surface area (Å²) in [6, 6.07) is 12.5. The normalized spacial score (nSPS) is 26.0. The lowest BCUT2D eigenvalue weighted by Gasteiger charge is -2.39. The van der Waals surface area contributed by atoms with Crippen molar-refractivity contribution in [1.29, 1.82) is 5.26 Å². The number of carbonyl (C=O) groups is 1. The number of carbonyl (C=O) groups excluding carboxylic acids is 1. The van der Waals surface area contributed by atoms with E-state index in [9.17, 15) is 10.1 Å². The zero-order valence-corrected chi connectivity index (χ0v) is 21.8. The van der Waals surface area contributed by atoms with Gasteiger partial charge in [-0.05, 0) is 49.8 Å². The Balaban J connectivity index is 1.38. The molecule has 1 fully saturated rings. The van der Waals surface area contributed by atoms with Gasteiger partial charge in [0, 0.05) is 19.6 Å². The molecular formula is C30H35N5O3. The molecular weight excluding hydrogens is 478 g/mol. The Morgan fingerprint density at radius 3 is 2.55 bits per heavy atom. The Morgan fingerprint density at radius 1 is 1.03 bits per heavy atom. The highest BCUT2D eigenvalue weighted by molar-refractivity contribution is 5.89. The first-order valence-corrected chi connectivity index (χ1v) is 13.5. The SMILES string of the molecule is N#C/C1=C(\N2CCCCC2)N(Cc2ccccc2)CC(=O)N(CC2COC3=C(/C=C\CC/C=C\3)O2)C=NC1. The van der Waals surface area contributed by atoms with E-state index in [1.54, 1.807) is 11.2 Å². The highest BCUT2D eigenvalue weighted by atomic mass is 16.6. The molecule has 1 aromatic carbocycles. The van der Waals surface area contributed by atoms with E-state index in [0.717, 1.165) is 55.9 Å². The third-order valence-corrected chi connectivity index (χ3v) is 7.09. The first-order chi connectivity index (χ1) is 18.7. The standard InChI is InChI=1S/C30H35N5O3/c31-17-25-18-32-23-35(20-26-22-37-27-13-7-1-2-8-14-28(27)38-26)29(36)21-34(19-24-11-5-3-6-12-24)30(25)33-15-9-4-10-16-33/h3,5-8,11-14,23,26H,1-2,4,9-10,15-16,18-22H2/b13-7-,14-8-,30-25-,32-23?. The van der Waals surface area contributed by atoms with E-state index in [1.807, 2.05) is 30.4 Å². The highest BCUT2D eigenvalue weighted by Gasteiger charge is 2.30. The molecule has 3 heterocycles. The molecule has 8 heteroatoms. The van der Waals surface area contributed by atoms with Crippen LogP contribution in [0.1, 0.15) is 37.7 Å². The summed E-state index contributed by atoms with van der Waals surface area (Å²) in [5, 5.41) is 10.1. The molecule has 8 nitrogen and oxygen atoms in total. The third kappa shape index (κ3) is 6.28. The molecule has 0 radical (unpaired) electrons. The molecule has 1 aliphatic carbocycles. The van der Waals surface area contributed by atoms with Crippen molar-refractivity contribution in [1.82, 2.24) is 14.7 Å². The smallest absolute Gasteiger partial charge is 0.247 e. The van der Waals surface area contributed by atoms with E-state index < -0.39 is 0 Å². The number of piperidine rings is 1. The number of nitrogens with zero attached hydrogens (tertiary/aromatic N) is 5. The van der Waals surface area contributed by atoms with Crippen LogP contribution in [0.15, 0.2) is 82.5 Å². The quantitative estimate of drug-likeness (QED) is 0.589. The molecule has 1 aromatic rings. The first-order valence-electron chi connectivity index (χ1n) is 13.5. The lowest BCUT2D eigenvalue weighted by atomic mass is 10.1. The third-order valence-electron chi connectivity index (χ3n) is 7.09. The summed E-state index contributed by atoms with van der Waals surface area (Å²) >= 11 is 0. The number of rotatable bonds is 5. The molecule has 1 unspecified atom stereocenters. The average molecular weight is 514 g/mol. The fourth-order valence-electron chi connectivity index (χ4n) is 5.21. The predicted octanol–water partition coefficient (Wildman–Crippen LogP) is 4.11. The van der Waals surface area contributed by atoms with Crippen LogP contribution in [0.3, 0.4) is 0 Å². The maximum atomic E-state index is 13.7. The lowest BCUT2D eigenvalue weighted by molar-refractivity contribution is -0.130. The zero-order chi connectivity index (χ0) is 26.2. The second kappa shape index (κ2) is 12.5. The molecule has 0 spiro atoms. The molecule has 198 valence electrons. The van der Waals surface area contributed by atoms with Gasteiger partial charge in [-0.1, -0.05) is 42.5 Å². The Kier molecular flexibility index (Phi) is 8.44. The van der Waals surface area contributed by atoms with Crippen LogP contribution in [0.2, 0.25) is 0 Å². The molecule has 4 aliphatic rings. The van der Waals surface area contributed by atoms with Gasteiger partial charge >= 0.3 is 0 Å². The summed E-state index contributed by atoms with van der Waals surface area (Å²) in [6.07, 6.45) is 14.6. The number of nitriles is 1. The van der Waals surface area contributed by atoms with Crippen LogP contribution in [-0.2, 0) is 20.8 Å². The van der Waals surface area contributed by atoms with Gasteiger partial charge in [-0.15, -0.1) is 0 Å². The van der Waals surface area contributed by atoms with E-state index in [0.29, 0.717) is 31.0 Å². The minimum atomic E-state index is -0.324. The Hall–Kier alpha value is -3.99. The van der Waals surface area contributed by atoms with Crippen LogP contribution in [-0.4, -0.2) is 72.4 Å². The number of hydrogen-bond acceptors (Lipinski definition) is 7. The van der Waals surface area contributed by atoms with Crippen LogP contribution in [0, 0.1) is 11.3 Å². The van der Waals surface area contributed by atoms with E-state index in [2.05, 4.69) is 45.1 Å². The number of aliphatic imine (C=N–C) groups is 1. The van der Waals surface area contributed by atoms with Crippen LogP contribution in [0.4, 0.5) is 0 Å². The predicted molar refractivity (Wildman–Crippen MR) is 145 cm³/mol. The van der Waals surface area contributed by atoms with E-state index in [4.69, 9.17) is 9.47 Å². The molecule has 0 aromatic heterocycles. The van der Waals surface area contributed by atoms with Crippen molar-refractivity contribution < 1.29 is 14.3 Å². The Bertz CT molecular complexity index is 1190. The molecule has 1 saturated heterocycles. The molecule has 1 amide bonds. The van der Waals surface area contributed by atoms with Gasteiger partial charge in [0.1, 0.15) is 18.5 Å². The minimum absolute atomic E-state index is 0.0881. The van der Waals surface area contributed by atoms with Crippen LogP contribution in [0.25, 0.3) is 0 Å². The number of allylic oxidation sites excluding steroid dienone is 4. The van der Waals surface area contributed by atoms with Gasteiger partial charge < -0.3 is 19.3 Å². The van der Waals surface area contributed by atoms with Crippen molar-refractivity contribution in [2.24, 2.45) is 4.99 Å². The van der Waals surface area contributed by atoms with Gasteiger partial charge in [-0.2, -0.15) is 5.26 Å². The van der Waals surface area contributed by atoms with Gasteiger partial charge in [-0.25, -0.2) is 0 Å². The van der Waals surface area contributed by atoms with Crippen LogP contribution >= 0.6 is 0 Å². The second-order valence-corrected chi connectivity index (χ2v) is 9.97. The van der Waals surface area contributed by atoms with Crippen molar-refractivity contribution in [3.05, 3.63) is 83.1 Å². The fourth-order valence-corrected chi connectivity index (χ4v) is 5.21. The van der Waals surface area contributed by atoms with E-state index in [1.165, 1.54) is 6.42 Å². The van der Waals surface area contributed by atoms with E-state index >= 15 is 0 Å². The monoisotopic (exact) mass is 513 g/mol. The number of amides is 1. The number of benzene rings is 1. The molecule has 1 atom stereocenters. The largest absolute Gasteiger partial charge is 0.486 e. The van der Waals surface area contributed by atoms with Crippen molar-refractivity contribution in [2.75, 3.05) is 39.3 Å². The lowest BCUT2D eigenvalue weighted by Crippen LogP contribution is -2.47. The average Bonchev–Trinajstić information content (AvgIpc) is 2.99. The topological polar surface area (TPSA) is 81.4 Å². The molecule has 0 bridgehead atoms. The van der Waals surface area contributed by atoms with Gasteiger partial charge in [0.05, 0.1) is 31.5 Å². The first kappa shape index (κ1) is 25.7. The highest BCUT2D eigenvalue weighted by Crippen LogP contribution is 2.26. The zero-order valence-electron chi connectivity index (χ0n) is 21.8. The molecule has 38 heavy (non-hydrogen) atoms. The summed E-state index contributed by atoms with van der Waals surface area (Å²) in [6.45, 7) is 3.32. The molecule has 0 saturated carbocycles. The van der Waals surface area contributed by atoms with Gasteiger partial charge in [-0.3, -0.25) is 14.7 Å². The molecule has 3 aliphatic heterocycles. The van der Waals surface area contributed by atoms with Gasteiger partial charge in [0.25, 0.3) is 0 Å². The molecule has 0 N–H and O–H groups in total. The summed E-state index contributed by atoms with van der Waals surface area (Å²) in [5.41, 5.74) is 1.68. The van der Waals surface area contributed by atoms with Crippen LogP contribution < -0.4 is 0 Å². The second-order valence-electron chi connectivity index (χ2n) is 9.97. The molecule has 5 rings (SSSR count). The van der Waals surface area contributed by atoms with Gasteiger partial charge in [0.15, 0.2) is 17.6 Å².